The van der Waals surface area contributed by atoms with Crippen LogP contribution >= 0.6 is 0 Å². The molecule has 0 radical (unpaired) electrons. The van der Waals surface area contributed by atoms with Crippen LogP contribution in [0.4, 0.5) is 0 Å². The van der Waals surface area contributed by atoms with E-state index in [1.54, 1.807) is 21.1 Å². The molecule has 278 valence electrons. The van der Waals surface area contributed by atoms with Crippen LogP contribution in [0.2, 0.25) is 0 Å². The van der Waals surface area contributed by atoms with Gasteiger partial charge in [0.15, 0.2) is 11.6 Å². The molecule has 0 saturated carbocycles. The van der Waals surface area contributed by atoms with Crippen LogP contribution in [-0.4, -0.2) is 102 Å². The van der Waals surface area contributed by atoms with E-state index in [9.17, 15) is 15.0 Å². The zero-order valence-corrected chi connectivity index (χ0v) is 31.1. The number of carboxylic acid groups (broad SMARTS) is 1. The second-order valence-electron chi connectivity index (χ2n) is 16.6. The van der Waals surface area contributed by atoms with Gasteiger partial charge in [0.05, 0.1) is 60.4 Å². The van der Waals surface area contributed by atoms with E-state index in [1.165, 1.54) is 0 Å². The van der Waals surface area contributed by atoms with Crippen LogP contribution in [0.1, 0.15) is 107 Å². The Bertz CT molecular complexity index is 1120. The first-order valence-corrected chi connectivity index (χ1v) is 18.6. The van der Waals surface area contributed by atoms with Gasteiger partial charge in [0.1, 0.15) is 0 Å². The Labute approximate surface area is 288 Å². The Balaban J connectivity index is 1.29. The summed E-state index contributed by atoms with van der Waals surface area (Å²) < 4.78 is 46.0. The summed E-state index contributed by atoms with van der Waals surface area (Å²) in [5, 5.41) is 20.0. The lowest BCUT2D eigenvalue weighted by Gasteiger charge is -2.49. The number of hydrogen-bond donors (Lipinski definition) is 3. The van der Waals surface area contributed by atoms with E-state index < -0.39 is 40.8 Å². The summed E-state index contributed by atoms with van der Waals surface area (Å²) in [4.78, 5) is 11.9. The van der Waals surface area contributed by atoms with Gasteiger partial charge in [-0.05, 0) is 70.1 Å². The number of methoxy groups -OCH3 is 2. The molecule has 1 spiro atoms. The highest BCUT2D eigenvalue weighted by atomic mass is 16.7. The fraction of sp³-hybridized carbons (Fsp3) is 0.973. The van der Waals surface area contributed by atoms with E-state index in [2.05, 4.69) is 41.5 Å². The van der Waals surface area contributed by atoms with E-state index in [0.29, 0.717) is 12.8 Å². The van der Waals surface area contributed by atoms with Crippen LogP contribution in [0.3, 0.4) is 0 Å². The quantitative estimate of drug-likeness (QED) is 0.273. The summed E-state index contributed by atoms with van der Waals surface area (Å²) >= 11 is 0. The molecule has 0 amide bonds. The van der Waals surface area contributed by atoms with Crippen molar-refractivity contribution in [1.82, 2.24) is 0 Å². The van der Waals surface area contributed by atoms with E-state index in [1.807, 2.05) is 6.92 Å². The van der Waals surface area contributed by atoms with Crippen molar-refractivity contribution < 1.29 is 48.2 Å². The normalized spacial score (nSPS) is 50.1. The molecule has 17 atom stereocenters. The SMILES string of the molecule is CC[C@@]1(C2O[C@@H]([C@H]3O[C@](CO)(OC)[C@H](C)C[C@@H]3C)C[C@@H]2C)CCC([C@]2(C)CC[C@]3(C[C@H](N)[C@@H](C)[C@@H]([C@@H](C)[C@@H](OC)[C@H](C)C(=O)O)O3)O2)O1. The molecular weight excluding hydrogens is 618 g/mol. The molecule has 0 aromatic rings. The van der Waals surface area contributed by atoms with Crippen molar-refractivity contribution in [1.29, 1.82) is 0 Å². The first-order chi connectivity index (χ1) is 22.5. The third kappa shape index (κ3) is 6.62. The van der Waals surface area contributed by atoms with Crippen LogP contribution in [0, 0.1) is 35.5 Å². The van der Waals surface area contributed by atoms with Crippen LogP contribution < -0.4 is 5.73 Å². The largest absolute Gasteiger partial charge is 0.481 e. The lowest BCUT2D eigenvalue weighted by molar-refractivity contribution is -0.333. The summed E-state index contributed by atoms with van der Waals surface area (Å²) in [6, 6.07) is -0.162. The summed E-state index contributed by atoms with van der Waals surface area (Å²) in [6.45, 7) is 16.4. The maximum atomic E-state index is 11.9. The van der Waals surface area contributed by atoms with Gasteiger partial charge in [-0.2, -0.15) is 0 Å². The van der Waals surface area contributed by atoms with Gasteiger partial charge in [0.2, 0.25) is 0 Å². The number of aliphatic carboxylic acids is 1. The fourth-order valence-corrected chi connectivity index (χ4v) is 10.3. The zero-order chi connectivity index (χ0) is 35.4. The van der Waals surface area contributed by atoms with Crippen molar-refractivity contribution in [3.8, 4) is 0 Å². The lowest BCUT2D eigenvalue weighted by atomic mass is 9.77. The Hall–Kier alpha value is -0.890. The Morgan fingerprint density at radius 2 is 1.73 bits per heavy atom. The number of carbonyl (C=O) groups is 1. The van der Waals surface area contributed by atoms with Crippen LogP contribution in [-0.2, 0) is 38.0 Å². The van der Waals surface area contributed by atoms with Crippen LogP contribution in [0.15, 0.2) is 0 Å². The molecule has 11 nitrogen and oxygen atoms in total. The molecule has 5 rings (SSSR count). The maximum absolute atomic E-state index is 11.9. The zero-order valence-electron chi connectivity index (χ0n) is 31.1. The number of hydrogen-bond acceptors (Lipinski definition) is 10. The van der Waals surface area contributed by atoms with Gasteiger partial charge in [-0.25, -0.2) is 0 Å². The summed E-state index contributed by atoms with van der Waals surface area (Å²) in [6.07, 6.45) is 4.98. The van der Waals surface area contributed by atoms with Crippen molar-refractivity contribution in [2.75, 3.05) is 20.8 Å². The van der Waals surface area contributed by atoms with E-state index in [0.717, 1.165) is 38.5 Å². The second kappa shape index (κ2) is 14.3. The first kappa shape index (κ1) is 38.3. The topological polar surface area (TPSA) is 148 Å². The van der Waals surface area contributed by atoms with Gasteiger partial charge in [0, 0.05) is 44.9 Å². The van der Waals surface area contributed by atoms with Gasteiger partial charge in [0.25, 0.3) is 0 Å². The average molecular weight is 684 g/mol. The predicted octanol–water partition coefficient (Wildman–Crippen LogP) is 4.89. The molecule has 0 aliphatic carbocycles. The molecule has 5 aliphatic heterocycles. The molecule has 5 heterocycles. The van der Waals surface area contributed by atoms with E-state index in [4.69, 9.17) is 38.9 Å². The standard InChI is InChI=1S/C37H65NO10/c1-11-35(32-21(3)17-27(44-32)29-20(2)16-22(4)37(19-39,43-10)47-29)13-12-28(45-35)34(8)14-15-36(48-34)18-26(38)23(5)31(46-36)24(6)30(42-9)25(7)33(40)41/h20-32,39H,11-19,38H2,1-10H3,(H,40,41)/t20-,21-,22+,23+,24-,25-,26-,27+,28?,29-,30+,31-,32?,34-,35-,36+,37-/m0/s1. The predicted molar refractivity (Wildman–Crippen MR) is 179 cm³/mol. The van der Waals surface area contributed by atoms with Crippen molar-refractivity contribution in [3.05, 3.63) is 0 Å². The van der Waals surface area contributed by atoms with Crippen molar-refractivity contribution in [2.45, 2.75) is 172 Å². The molecule has 0 aromatic carbocycles. The van der Waals surface area contributed by atoms with Gasteiger partial charge >= 0.3 is 5.97 Å². The maximum Gasteiger partial charge on any atom is 0.308 e. The molecule has 0 bridgehead atoms. The molecule has 4 N–H and O–H groups in total. The van der Waals surface area contributed by atoms with E-state index >= 15 is 0 Å². The minimum Gasteiger partial charge on any atom is -0.481 e. The van der Waals surface area contributed by atoms with Crippen LogP contribution in [0.25, 0.3) is 0 Å². The number of rotatable bonds is 11. The highest BCUT2D eigenvalue weighted by Gasteiger charge is 2.62. The van der Waals surface area contributed by atoms with Crippen molar-refractivity contribution in [2.24, 2.45) is 41.2 Å². The van der Waals surface area contributed by atoms with Gasteiger partial charge in [-0.3, -0.25) is 4.79 Å². The fourth-order valence-electron chi connectivity index (χ4n) is 10.3. The minimum atomic E-state index is -1.01. The molecule has 5 fully saturated rings. The summed E-state index contributed by atoms with van der Waals surface area (Å²) in [5.74, 6) is -3.04. The molecule has 5 aliphatic rings. The third-order valence-corrected chi connectivity index (χ3v) is 13.5. The monoisotopic (exact) mass is 683 g/mol. The number of aliphatic hydroxyl groups excluding tert-OH is 1. The third-order valence-electron chi connectivity index (χ3n) is 13.5. The second-order valence-corrected chi connectivity index (χ2v) is 16.6. The van der Waals surface area contributed by atoms with Gasteiger partial charge in [-0.1, -0.05) is 41.5 Å². The smallest absolute Gasteiger partial charge is 0.308 e. The Morgan fingerprint density at radius 1 is 1.02 bits per heavy atom. The molecule has 5 saturated heterocycles. The van der Waals surface area contributed by atoms with E-state index in [-0.39, 0.29) is 72.8 Å². The Morgan fingerprint density at radius 3 is 2.33 bits per heavy atom. The highest BCUT2D eigenvalue weighted by molar-refractivity contribution is 5.70. The number of nitrogens with two attached hydrogens (primary N) is 1. The summed E-state index contributed by atoms with van der Waals surface area (Å²) in [5.41, 5.74) is 5.75. The van der Waals surface area contributed by atoms with Crippen molar-refractivity contribution >= 4 is 5.97 Å². The molecule has 2 unspecified atom stereocenters. The van der Waals surface area contributed by atoms with Gasteiger partial charge < -0.3 is 49.1 Å². The van der Waals surface area contributed by atoms with Crippen LogP contribution in [0.5, 0.6) is 0 Å². The number of carboxylic acids is 1. The van der Waals surface area contributed by atoms with Crippen molar-refractivity contribution in [3.63, 3.8) is 0 Å². The molecular formula is C37H65NO10. The highest BCUT2D eigenvalue weighted by Crippen LogP contribution is 2.55. The molecule has 11 heteroatoms. The Kier molecular flexibility index (Phi) is 11.4. The average Bonchev–Trinajstić information content (AvgIpc) is 3.76. The number of ether oxygens (including phenoxy) is 7. The first-order valence-electron chi connectivity index (χ1n) is 18.6. The van der Waals surface area contributed by atoms with Gasteiger partial charge in [-0.15, -0.1) is 0 Å². The minimum absolute atomic E-state index is 0.00893. The lowest BCUT2D eigenvalue weighted by Crippen LogP contribution is -2.58. The summed E-state index contributed by atoms with van der Waals surface area (Å²) in [7, 11) is 3.17. The molecule has 0 aromatic heterocycles. The molecule has 48 heavy (non-hydrogen) atoms. The number of aliphatic hydroxyl groups is 1.